The molecule has 1 amide bonds. The highest BCUT2D eigenvalue weighted by Crippen LogP contribution is 2.30. The number of carbonyl (C=O) groups excluding carboxylic acids is 1. The van der Waals surface area contributed by atoms with Crippen LogP contribution in [0.4, 0.5) is 10.8 Å². The monoisotopic (exact) mass is 381 g/mol. The van der Waals surface area contributed by atoms with Crippen LogP contribution in [0.25, 0.3) is 11.3 Å². The third-order valence-corrected chi connectivity index (χ3v) is 5.05. The standard InChI is InChI=1S/C21H23N3O2S/c1-4-15-5-9-17(10-6-15)23-20(25)13(2)26-18-11-7-16(8-12-18)19-14(3)27-21(22)24-19/h5-13H,4H2,1-3H3,(H2,22,24)(H,23,25). The maximum Gasteiger partial charge on any atom is 0.265 e. The van der Waals surface area contributed by atoms with Gasteiger partial charge >= 0.3 is 0 Å². The summed E-state index contributed by atoms with van der Waals surface area (Å²) >= 11 is 1.47. The van der Waals surface area contributed by atoms with Crippen molar-refractivity contribution < 1.29 is 9.53 Å². The summed E-state index contributed by atoms with van der Waals surface area (Å²) in [5.74, 6) is 0.440. The molecule has 1 unspecified atom stereocenters. The van der Waals surface area contributed by atoms with Crippen LogP contribution in [0.2, 0.25) is 0 Å². The summed E-state index contributed by atoms with van der Waals surface area (Å²) < 4.78 is 5.77. The molecular formula is C21H23N3O2S. The summed E-state index contributed by atoms with van der Waals surface area (Å²) in [4.78, 5) is 17.8. The van der Waals surface area contributed by atoms with Crippen LogP contribution < -0.4 is 15.8 Å². The summed E-state index contributed by atoms with van der Waals surface area (Å²) in [5, 5.41) is 3.43. The second-order valence-electron chi connectivity index (χ2n) is 6.28. The number of rotatable bonds is 6. The molecule has 3 aromatic rings. The van der Waals surface area contributed by atoms with Gasteiger partial charge in [-0.05, 0) is 62.2 Å². The zero-order chi connectivity index (χ0) is 19.4. The van der Waals surface area contributed by atoms with E-state index in [1.807, 2.05) is 55.5 Å². The average Bonchev–Trinajstić information content (AvgIpc) is 3.01. The molecule has 0 aliphatic carbocycles. The van der Waals surface area contributed by atoms with Crippen molar-refractivity contribution in [3.05, 3.63) is 59.0 Å². The molecule has 1 aromatic heterocycles. The minimum atomic E-state index is -0.613. The van der Waals surface area contributed by atoms with Gasteiger partial charge in [0.25, 0.3) is 5.91 Å². The number of thiazole rings is 1. The lowest BCUT2D eigenvalue weighted by atomic mass is 10.1. The Morgan fingerprint density at radius 1 is 1.19 bits per heavy atom. The minimum absolute atomic E-state index is 0.188. The van der Waals surface area contributed by atoms with Crippen LogP contribution in [0.1, 0.15) is 24.3 Å². The Morgan fingerprint density at radius 2 is 1.85 bits per heavy atom. The first-order chi connectivity index (χ1) is 13.0. The predicted molar refractivity (Wildman–Crippen MR) is 111 cm³/mol. The molecule has 0 bridgehead atoms. The van der Waals surface area contributed by atoms with E-state index < -0.39 is 6.10 Å². The van der Waals surface area contributed by atoms with E-state index in [-0.39, 0.29) is 5.91 Å². The second-order valence-corrected chi connectivity index (χ2v) is 7.52. The van der Waals surface area contributed by atoms with E-state index in [4.69, 9.17) is 10.5 Å². The zero-order valence-electron chi connectivity index (χ0n) is 15.7. The van der Waals surface area contributed by atoms with Gasteiger partial charge in [-0.3, -0.25) is 4.79 Å². The Morgan fingerprint density at radius 3 is 2.41 bits per heavy atom. The minimum Gasteiger partial charge on any atom is -0.481 e. The molecule has 3 N–H and O–H groups in total. The van der Waals surface area contributed by atoms with Crippen LogP contribution in [-0.2, 0) is 11.2 Å². The molecule has 0 aliphatic heterocycles. The third-order valence-electron chi connectivity index (χ3n) is 4.25. The Labute approximate surface area is 163 Å². The maximum absolute atomic E-state index is 12.3. The molecule has 2 aromatic carbocycles. The fraction of sp³-hybridized carbons (Fsp3) is 0.238. The van der Waals surface area contributed by atoms with Crippen molar-refractivity contribution in [3.8, 4) is 17.0 Å². The van der Waals surface area contributed by atoms with E-state index in [9.17, 15) is 4.79 Å². The Hall–Kier alpha value is -2.86. The first kappa shape index (κ1) is 18.9. The van der Waals surface area contributed by atoms with Crippen molar-refractivity contribution in [2.45, 2.75) is 33.3 Å². The number of aromatic nitrogens is 1. The number of amides is 1. The SMILES string of the molecule is CCc1ccc(NC(=O)C(C)Oc2ccc(-c3nc(N)sc3C)cc2)cc1. The van der Waals surface area contributed by atoms with Crippen molar-refractivity contribution in [3.63, 3.8) is 0 Å². The lowest BCUT2D eigenvalue weighted by Gasteiger charge is -2.15. The number of nitrogen functional groups attached to an aromatic ring is 1. The molecule has 0 saturated carbocycles. The van der Waals surface area contributed by atoms with E-state index in [1.165, 1.54) is 16.9 Å². The highest BCUT2D eigenvalue weighted by Gasteiger charge is 2.15. The maximum atomic E-state index is 12.3. The zero-order valence-corrected chi connectivity index (χ0v) is 16.5. The van der Waals surface area contributed by atoms with Gasteiger partial charge in [-0.2, -0.15) is 0 Å². The Kier molecular flexibility index (Phi) is 5.76. The number of ether oxygens (including phenoxy) is 1. The molecule has 1 atom stereocenters. The van der Waals surface area contributed by atoms with Crippen molar-refractivity contribution in [2.24, 2.45) is 0 Å². The van der Waals surface area contributed by atoms with E-state index in [2.05, 4.69) is 17.2 Å². The van der Waals surface area contributed by atoms with Crippen LogP contribution in [-0.4, -0.2) is 17.0 Å². The average molecular weight is 382 g/mol. The largest absolute Gasteiger partial charge is 0.481 e. The smallest absolute Gasteiger partial charge is 0.265 e. The molecule has 6 heteroatoms. The van der Waals surface area contributed by atoms with E-state index in [0.29, 0.717) is 10.9 Å². The number of benzene rings is 2. The highest BCUT2D eigenvalue weighted by molar-refractivity contribution is 7.15. The van der Waals surface area contributed by atoms with Crippen LogP contribution in [0.3, 0.4) is 0 Å². The molecule has 0 aliphatic rings. The van der Waals surface area contributed by atoms with Gasteiger partial charge in [-0.1, -0.05) is 19.1 Å². The first-order valence-electron chi connectivity index (χ1n) is 8.86. The summed E-state index contributed by atoms with van der Waals surface area (Å²) in [6, 6.07) is 15.3. The van der Waals surface area contributed by atoms with Gasteiger partial charge in [0.15, 0.2) is 11.2 Å². The fourth-order valence-corrected chi connectivity index (χ4v) is 3.41. The van der Waals surface area contributed by atoms with Crippen LogP contribution in [0.15, 0.2) is 48.5 Å². The van der Waals surface area contributed by atoms with Gasteiger partial charge in [0, 0.05) is 16.1 Å². The molecule has 0 radical (unpaired) electrons. The van der Waals surface area contributed by atoms with Crippen LogP contribution >= 0.6 is 11.3 Å². The van der Waals surface area contributed by atoms with Gasteiger partial charge in [-0.15, -0.1) is 11.3 Å². The number of anilines is 2. The number of hydrogen-bond donors (Lipinski definition) is 2. The Bertz CT molecular complexity index is 918. The summed E-state index contributed by atoms with van der Waals surface area (Å²) in [6.07, 6.45) is 0.356. The number of nitrogens with one attached hydrogen (secondary N) is 1. The molecule has 3 rings (SSSR count). The molecule has 140 valence electrons. The number of aryl methyl sites for hydroxylation is 2. The van der Waals surface area contributed by atoms with E-state index in [1.54, 1.807) is 6.92 Å². The van der Waals surface area contributed by atoms with Crippen LogP contribution in [0.5, 0.6) is 5.75 Å². The van der Waals surface area contributed by atoms with Gasteiger partial charge in [-0.25, -0.2) is 4.98 Å². The van der Waals surface area contributed by atoms with Gasteiger partial charge in [0.05, 0.1) is 5.69 Å². The summed E-state index contributed by atoms with van der Waals surface area (Å²) in [5.41, 5.74) is 9.61. The number of hydrogen-bond acceptors (Lipinski definition) is 5. The lowest BCUT2D eigenvalue weighted by Crippen LogP contribution is -2.30. The van der Waals surface area contributed by atoms with Gasteiger partial charge < -0.3 is 15.8 Å². The Balaban J connectivity index is 1.62. The summed E-state index contributed by atoms with van der Waals surface area (Å²) in [6.45, 7) is 5.82. The first-order valence-corrected chi connectivity index (χ1v) is 9.67. The number of carbonyl (C=O) groups is 1. The topological polar surface area (TPSA) is 77.2 Å². The third kappa shape index (κ3) is 4.65. The lowest BCUT2D eigenvalue weighted by molar-refractivity contribution is -0.122. The molecule has 0 saturated heterocycles. The van der Waals surface area contributed by atoms with Gasteiger partial charge in [0.2, 0.25) is 0 Å². The fourth-order valence-electron chi connectivity index (χ4n) is 2.70. The second kappa shape index (κ2) is 8.22. The molecule has 0 spiro atoms. The van der Waals surface area contributed by atoms with Gasteiger partial charge in [0.1, 0.15) is 5.75 Å². The molecule has 0 fully saturated rings. The predicted octanol–water partition coefficient (Wildman–Crippen LogP) is 4.67. The molecule has 27 heavy (non-hydrogen) atoms. The normalized spacial score (nSPS) is 11.8. The van der Waals surface area contributed by atoms with Crippen LogP contribution in [0, 0.1) is 6.92 Å². The molecule has 5 nitrogen and oxygen atoms in total. The van der Waals surface area contributed by atoms with Crippen molar-refractivity contribution in [1.29, 1.82) is 0 Å². The number of nitrogens with two attached hydrogens (primary N) is 1. The quantitative estimate of drug-likeness (QED) is 0.650. The summed E-state index contributed by atoms with van der Waals surface area (Å²) in [7, 11) is 0. The van der Waals surface area contributed by atoms with Crippen molar-refractivity contribution in [1.82, 2.24) is 4.98 Å². The molecular weight excluding hydrogens is 358 g/mol. The van der Waals surface area contributed by atoms with E-state index in [0.717, 1.165) is 28.2 Å². The van der Waals surface area contributed by atoms with Crippen molar-refractivity contribution in [2.75, 3.05) is 11.1 Å². The number of nitrogens with zero attached hydrogens (tertiary/aromatic N) is 1. The highest BCUT2D eigenvalue weighted by atomic mass is 32.1. The van der Waals surface area contributed by atoms with E-state index >= 15 is 0 Å². The van der Waals surface area contributed by atoms with Crippen molar-refractivity contribution >= 4 is 28.1 Å². The molecule has 1 heterocycles.